The summed E-state index contributed by atoms with van der Waals surface area (Å²) >= 11 is 3.69. The van der Waals surface area contributed by atoms with Gasteiger partial charge in [-0.2, -0.15) is 0 Å². The van der Waals surface area contributed by atoms with Gasteiger partial charge in [0.15, 0.2) is 5.58 Å². The van der Waals surface area contributed by atoms with E-state index in [0.29, 0.717) is 16.3 Å². The molecule has 0 aliphatic carbocycles. The molecule has 1 N–H and O–H groups in total. The van der Waals surface area contributed by atoms with Crippen molar-refractivity contribution in [1.29, 1.82) is 0 Å². The van der Waals surface area contributed by atoms with E-state index < -0.39 is 5.76 Å². The molecule has 4 heteroatoms. The Labute approximate surface area is 108 Å². The van der Waals surface area contributed by atoms with Gasteiger partial charge < -0.3 is 4.42 Å². The molecule has 3 nitrogen and oxygen atoms in total. The third kappa shape index (κ3) is 2.80. The minimum absolute atomic E-state index is 0.307. The lowest BCUT2D eigenvalue weighted by atomic mass is 9.99. The second-order valence-corrected chi connectivity index (χ2v) is 5.59. The fourth-order valence-corrected chi connectivity index (χ4v) is 2.74. The second-order valence-electron chi connectivity index (χ2n) is 4.49. The molecule has 0 radical (unpaired) electrons. The van der Waals surface area contributed by atoms with Crippen molar-refractivity contribution < 1.29 is 4.42 Å². The van der Waals surface area contributed by atoms with Crippen molar-refractivity contribution in [2.24, 2.45) is 5.92 Å². The Bertz CT molecular complexity index is 558. The van der Waals surface area contributed by atoms with E-state index in [1.807, 2.05) is 18.2 Å². The van der Waals surface area contributed by atoms with Gasteiger partial charge >= 0.3 is 5.76 Å². The SMILES string of the molecule is CCC(C)CC(Br)c1ccc2[nH]c(=O)oc2c1. The molecule has 0 bridgehead atoms. The van der Waals surface area contributed by atoms with Gasteiger partial charge in [-0.1, -0.05) is 42.3 Å². The van der Waals surface area contributed by atoms with Crippen molar-refractivity contribution in [1.82, 2.24) is 4.98 Å². The number of oxazole rings is 1. The van der Waals surface area contributed by atoms with Gasteiger partial charge in [-0.15, -0.1) is 0 Å². The molecule has 0 amide bonds. The summed E-state index contributed by atoms with van der Waals surface area (Å²) in [4.78, 5) is 14.0. The molecular formula is C13H16BrNO2. The van der Waals surface area contributed by atoms with Crippen molar-refractivity contribution in [2.45, 2.75) is 31.5 Å². The van der Waals surface area contributed by atoms with Crippen molar-refractivity contribution >= 4 is 27.0 Å². The highest BCUT2D eigenvalue weighted by molar-refractivity contribution is 9.09. The van der Waals surface area contributed by atoms with Crippen LogP contribution in [0.3, 0.4) is 0 Å². The number of H-pyrrole nitrogens is 1. The number of alkyl halides is 1. The minimum Gasteiger partial charge on any atom is -0.408 e. The van der Waals surface area contributed by atoms with Gasteiger partial charge in [-0.05, 0) is 30.0 Å². The largest absolute Gasteiger partial charge is 0.417 e. The monoisotopic (exact) mass is 297 g/mol. The number of fused-ring (bicyclic) bond motifs is 1. The van der Waals surface area contributed by atoms with E-state index in [1.165, 1.54) is 6.42 Å². The molecule has 0 saturated carbocycles. The van der Waals surface area contributed by atoms with E-state index in [9.17, 15) is 4.79 Å². The topological polar surface area (TPSA) is 46.0 Å². The lowest BCUT2D eigenvalue weighted by Gasteiger charge is -2.14. The summed E-state index contributed by atoms with van der Waals surface area (Å²) in [5, 5.41) is 0. The number of halogens is 1. The van der Waals surface area contributed by atoms with E-state index in [1.54, 1.807) is 0 Å². The Morgan fingerprint density at radius 2 is 2.24 bits per heavy atom. The maximum atomic E-state index is 11.1. The Kier molecular flexibility index (Phi) is 3.72. The quantitative estimate of drug-likeness (QED) is 0.867. The minimum atomic E-state index is -0.398. The van der Waals surface area contributed by atoms with Crippen LogP contribution in [0.2, 0.25) is 0 Å². The van der Waals surface area contributed by atoms with Crippen LogP contribution in [-0.4, -0.2) is 4.98 Å². The summed E-state index contributed by atoms with van der Waals surface area (Å²) < 4.78 is 5.06. The summed E-state index contributed by atoms with van der Waals surface area (Å²) in [7, 11) is 0. The van der Waals surface area contributed by atoms with Crippen LogP contribution in [0.5, 0.6) is 0 Å². The predicted molar refractivity (Wildman–Crippen MR) is 72.6 cm³/mol. The van der Waals surface area contributed by atoms with Crippen LogP contribution in [-0.2, 0) is 0 Å². The Hall–Kier alpha value is -1.03. The molecule has 0 aliphatic rings. The number of aromatic amines is 1. The second kappa shape index (κ2) is 5.08. The number of nitrogens with one attached hydrogen (secondary N) is 1. The fraction of sp³-hybridized carbons (Fsp3) is 0.462. The molecule has 0 aliphatic heterocycles. The summed E-state index contributed by atoms with van der Waals surface area (Å²) in [6.45, 7) is 4.43. The molecule has 1 heterocycles. The average Bonchev–Trinajstić information content (AvgIpc) is 2.67. The van der Waals surface area contributed by atoms with Crippen LogP contribution in [0.1, 0.15) is 37.1 Å². The van der Waals surface area contributed by atoms with Gasteiger partial charge in [-0.25, -0.2) is 4.79 Å². The summed E-state index contributed by atoms with van der Waals surface area (Å²) in [5.41, 5.74) is 2.53. The van der Waals surface area contributed by atoms with Crippen LogP contribution >= 0.6 is 15.9 Å². The molecule has 0 saturated heterocycles. The lowest BCUT2D eigenvalue weighted by molar-refractivity contribution is 0.514. The molecule has 2 atom stereocenters. The molecular weight excluding hydrogens is 282 g/mol. The molecule has 1 aromatic heterocycles. The van der Waals surface area contributed by atoms with Crippen LogP contribution in [0.4, 0.5) is 0 Å². The summed E-state index contributed by atoms with van der Waals surface area (Å²) in [5.74, 6) is 0.276. The van der Waals surface area contributed by atoms with Crippen LogP contribution in [0.15, 0.2) is 27.4 Å². The lowest BCUT2D eigenvalue weighted by Crippen LogP contribution is -1.98. The van der Waals surface area contributed by atoms with Gasteiger partial charge in [0.2, 0.25) is 0 Å². The smallest absolute Gasteiger partial charge is 0.408 e. The zero-order chi connectivity index (χ0) is 12.4. The number of benzene rings is 1. The van der Waals surface area contributed by atoms with Crippen molar-refractivity contribution in [3.8, 4) is 0 Å². The number of aromatic nitrogens is 1. The van der Waals surface area contributed by atoms with Crippen molar-refractivity contribution in [3.63, 3.8) is 0 Å². The maximum absolute atomic E-state index is 11.1. The van der Waals surface area contributed by atoms with Gasteiger partial charge in [-0.3, -0.25) is 4.98 Å². The van der Waals surface area contributed by atoms with Gasteiger partial charge in [0.05, 0.1) is 5.52 Å². The van der Waals surface area contributed by atoms with Gasteiger partial charge in [0.25, 0.3) is 0 Å². The predicted octanol–water partition coefficient (Wildman–Crippen LogP) is 3.99. The zero-order valence-corrected chi connectivity index (χ0v) is 11.6. The van der Waals surface area contributed by atoms with E-state index in [0.717, 1.165) is 17.5 Å². The molecule has 17 heavy (non-hydrogen) atoms. The highest BCUT2D eigenvalue weighted by Crippen LogP contribution is 2.32. The molecule has 2 aromatic rings. The van der Waals surface area contributed by atoms with E-state index in [-0.39, 0.29) is 0 Å². The summed E-state index contributed by atoms with van der Waals surface area (Å²) in [6.07, 6.45) is 2.25. The zero-order valence-electron chi connectivity index (χ0n) is 10.00. The highest BCUT2D eigenvalue weighted by atomic mass is 79.9. The van der Waals surface area contributed by atoms with Crippen LogP contribution in [0, 0.1) is 5.92 Å². The van der Waals surface area contributed by atoms with E-state index in [4.69, 9.17) is 4.42 Å². The van der Waals surface area contributed by atoms with E-state index >= 15 is 0 Å². The number of hydrogen-bond acceptors (Lipinski definition) is 2. The number of hydrogen-bond donors (Lipinski definition) is 1. The first-order valence-corrected chi connectivity index (χ1v) is 6.78. The van der Waals surface area contributed by atoms with Crippen LogP contribution < -0.4 is 5.76 Å². The molecule has 2 unspecified atom stereocenters. The van der Waals surface area contributed by atoms with Crippen molar-refractivity contribution in [3.05, 3.63) is 34.3 Å². The Morgan fingerprint density at radius 3 is 2.94 bits per heavy atom. The van der Waals surface area contributed by atoms with E-state index in [2.05, 4.69) is 34.8 Å². The highest BCUT2D eigenvalue weighted by Gasteiger charge is 2.12. The Morgan fingerprint density at radius 1 is 1.47 bits per heavy atom. The molecule has 0 spiro atoms. The third-order valence-electron chi connectivity index (χ3n) is 3.11. The number of rotatable bonds is 4. The average molecular weight is 298 g/mol. The summed E-state index contributed by atoms with van der Waals surface area (Å²) in [6, 6.07) is 5.84. The van der Waals surface area contributed by atoms with Crippen LogP contribution in [0.25, 0.3) is 11.1 Å². The fourth-order valence-electron chi connectivity index (χ4n) is 1.81. The normalized spacial score (nSPS) is 15.0. The van der Waals surface area contributed by atoms with Gasteiger partial charge in [0.1, 0.15) is 0 Å². The first-order chi connectivity index (χ1) is 8.10. The Balaban J connectivity index is 2.26. The molecule has 0 fully saturated rings. The van der Waals surface area contributed by atoms with Crippen molar-refractivity contribution in [2.75, 3.05) is 0 Å². The third-order valence-corrected chi connectivity index (χ3v) is 4.02. The van der Waals surface area contributed by atoms with Gasteiger partial charge in [0, 0.05) is 4.83 Å². The standard InChI is InChI=1S/C13H16BrNO2/c1-3-8(2)6-10(14)9-4-5-11-12(7-9)17-13(16)15-11/h4-5,7-8,10H,3,6H2,1-2H3,(H,15,16). The molecule has 92 valence electrons. The molecule has 2 rings (SSSR count). The first kappa shape index (κ1) is 12.4. The maximum Gasteiger partial charge on any atom is 0.417 e. The molecule has 1 aromatic carbocycles. The first-order valence-electron chi connectivity index (χ1n) is 5.87.